The first-order chi connectivity index (χ1) is 13.3. The van der Waals surface area contributed by atoms with Gasteiger partial charge in [-0.2, -0.15) is 0 Å². The molecule has 0 aliphatic carbocycles. The molecule has 1 amide bonds. The van der Waals surface area contributed by atoms with E-state index in [1.807, 2.05) is 65.6 Å². The molecule has 2 unspecified atom stereocenters. The average Bonchev–Trinajstić information content (AvgIpc) is 3.06. The summed E-state index contributed by atoms with van der Waals surface area (Å²) in [5, 5.41) is 4.59. The fraction of sp³-hybridized carbons (Fsp3) is 0.304. The van der Waals surface area contributed by atoms with Crippen LogP contribution >= 0.6 is 0 Å². The van der Waals surface area contributed by atoms with Crippen LogP contribution in [0.3, 0.4) is 0 Å². The second-order valence-corrected chi connectivity index (χ2v) is 7.62. The van der Waals surface area contributed by atoms with Crippen LogP contribution in [0.4, 0.5) is 0 Å². The Kier molecular flexibility index (Phi) is 4.13. The zero-order chi connectivity index (χ0) is 18.2. The second-order valence-electron chi connectivity index (χ2n) is 7.62. The monoisotopic (exact) mass is 357 g/mol. The molecular weight excluding hydrogens is 334 g/mol. The summed E-state index contributed by atoms with van der Waals surface area (Å²) >= 11 is 0. The fourth-order valence-electron chi connectivity index (χ4n) is 4.41. The number of nitrogens with zero attached hydrogens (tertiary/aromatic N) is 2. The Hall–Kier alpha value is -2.72. The minimum Gasteiger partial charge on any atom is -0.337 e. The molecule has 2 saturated heterocycles. The van der Waals surface area contributed by atoms with E-state index in [4.69, 9.17) is 4.98 Å². The van der Waals surface area contributed by atoms with Crippen molar-refractivity contribution in [2.75, 3.05) is 13.1 Å². The quantitative estimate of drug-likeness (QED) is 0.757. The predicted octanol–water partition coefficient (Wildman–Crippen LogP) is 3.87. The molecule has 27 heavy (non-hydrogen) atoms. The Labute approximate surface area is 159 Å². The zero-order valence-corrected chi connectivity index (χ0v) is 15.3. The number of aromatic nitrogens is 1. The Balaban J connectivity index is 1.58. The molecule has 0 radical (unpaired) electrons. The first kappa shape index (κ1) is 16.5. The lowest BCUT2D eigenvalue weighted by molar-refractivity contribution is 0.0750. The first-order valence-electron chi connectivity index (χ1n) is 9.78. The van der Waals surface area contributed by atoms with Crippen LogP contribution in [0.2, 0.25) is 0 Å². The van der Waals surface area contributed by atoms with Crippen molar-refractivity contribution in [3.05, 3.63) is 66.2 Å². The van der Waals surface area contributed by atoms with Gasteiger partial charge in [-0.25, -0.2) is 4.98 Å². The molecule has 3 aromatic rings. The maximum absolute atomic E-state index is 13.5. The van der Waals surface area contributed by atoms with Crippen molar-refractivity contribution < 1.29 is 4.79 Å². The summed E-state index contributed by atoms with van der Waals surface area (Å²) < 4.78 is 0. The zero-order valence-electron chi connectivity index (χ0n) is 15.3. The van der Waals surface area contributed by atoms with E-state index in [0.29, 0.717) is 12.1 Å². The van der Waals surface area contributed by atoms with Gasteiger partial charge in [0.2, 0.25) is 0 Å². The minimum absolute atomic E-state index is 0.125. The number of nitrogens with one attached hydrogen (secondary N) is 1. The summed E-state index contributed by atoms with van der Waals surface area (Å²) in [5.41, 5.74) is 3.52. The van der Waals surface area contributed by atoms with Crippen LogP contribution in [-0.4, -0.2) is 41.0 Å². The maximum atomic E-state index is 13.5. The van der Waals surface area contributed by atoms with Crippen LogP contribution in [0, 0.1) is 0 Å². The Morgan fingerprint density at radius 1 is 0.963 bits per heavy atom. The first-order valence-corrected chi connectivity index (χ1v) is 9.78. The molecule has 2 bridgehead atoms. The van der Waals surface area contributed by atoms with Gasteiger partial charge >= 0.3 is 0 Å². The van der Waals surface area contributed by atoms with Crippen LogP contribution in [0.1, 0.15) is 29.6 Å². The number of carbonyl (C=O) groups excluding carboxylic acids is 1. The third kappa shape index (κ3) is 3.10. The topological polar surface area (TPSA) is 45.2 Å². The lowest BCUT2D eigenvalue weighted by Gasteiger charge is -2.25. The lowest BCUT2D eigenvalue weighted by atomic mass is 10.0. The standard InChI is InChI=1S/C23H23N3O/c27-23(26-13-12-17-10-11-18(15-26)24-17)20-14-22(16-6-2-1-3-7-16)25-21-9-5-4-8-19(20)21/h1-9,14,17-18,24H,10-13,15H2. The Morgan fingerprint density at radius 2 is 1.74 bits per heavy atom. The number of hydrogen-bond donors (Lipinski definition) is 1. The molecule has 0 spiro atoms. The van der Waals surface area contributed by atoms with Crippen molar-refractivity contribution in [3.63, 3.8) is 0 Å². The highest BCUT2D eigenvalue weighted by molar-refractivity contribution is 6.07. The molecule has 2 fully saturated rings. The summed E-state index contributed by atoms with van der Waals surface area (Å²) in [7, 11) is 0. The number of benzene rings is 2. The molecule has 2 atom stereocenters. The van der Waals surface area contributed by atoms with Gasteiger partial charge in [-0.15, -0.1) is 0 Å². The molecule has 2 aliphatic heterocycles. The van der Waals surface area contributed by atoms with Crippen LogP contribution in [0.15, 0.2) is 60.7 Å². The predicted molar refractivity (Wildman–Crippen MR) is 108 cm³/mol. The van der Waals surface area contributed by atoms with Gasteiger partial charge in [-0.3, -0.25) is 4.79 Å². The molecule has 136 valence electrons. The number of hydrogen-bond acceptors (Lipinski definition) is 3. The van der Waals surface area contributed by atoms with Crippen LogP contribution in [0.5, 0.6) is 0 Å². The van der Waals surface area contributed by atoms with Crippen LogP contribution in [-0.2, 0) is 0 Å². The fourth-order valence-corrected chi connectivity index (χ4v) is 4.41. The maximum Gasteiger partial charge on any atom is 0.254 e. The molecule has 1 aromatic heterocycles. The minimum atomic E-state index is 0.125. The van der Waals surface area contributed by atoms with Gasteiger partial charge < -0.3 is 10.2 Å². The molecule has 2 aromatic carbocycles. The van der Waals surface area contributed by atoms with Gasteiger partial charge in [0.05, 0.1) is 16.8 Å². The Bertz CT molecular complexity index is 985. The van der Waals surface area contributed by atoms with E-state index in [0.717, 1.165) is 47.2 Å². The van der Waals surface area contributed by atoms with Crippen molar-refractivity contribution in [2.24, 2.45) is 0 Å². The molecule has 5 rings (SSSR count). The number of rotatable bonds is 2. The highest BCUT2D eigenvalue weighted by Gasteiger charge is 2.32. The van der Waals surface area contributed by atoms with Gasteiger partial charge in [0, 0.05) is 36.1 Å². The van der Waals surface area contributed by atoms with E-state index in [-0.39, 0.29) is 5.91 Å². The summed E-state index contributed by atoms with van der Waals surface area (Å²) in [4.78, 5) is 20.3. The molecule has 0 saturated carbocycles. The highest BCUT2D eigenvalue weighted by Crippen LogP contribution is 2.27. The lowest BCUT2D eigenvalue weighted by Crippen LogP contribution is -2.39. The molecule has 1 N–H and O–H groups in total. The van der Waals surface area contributed by atoms with Gasteiger partial charge in [0.1, 0.15) is 0 Å². The van der Waals surface area contributed by atoms with Gasteiger partial charge in [-0.1, -0.05) is 48.5 Å². The van der Waals surface area contributed by atoms with Crippen molar-refractivity contribution in [3.8, 4) is 11.3 Å². The summed E-state index contributed by atoms with van der Waals surface area (Å²) in [6.45, 7) is 1.62. The van der Waals surface area contributed by atoms with E-state index in [1.54, 1.807) is 0 Å². The number of fused-ring (bicyclic) bond motifs is 3. The number of carbonyl (C=O) groups is 1. The SMILES string of the molecule is O=C(c1cc(-c2ccccc2)nc2ccccc12)N1CCC2CCC(C1)N2. The Morgan fingerprint density at radius 3 is 2.63 bits per heavy atom. The average molecular weight is 357 g/mol. The van der Waals surface area contributed by atoms with Gasteiger partial charge in [0.15, 0.2) is 0 Å². The van der Waals surface area contributed by atoms with E-state index in [1.165, 1.54) is 12.8 Å². The van der Waals surface area contributed by atoms with E-state index in [9.17, 15) is 4.79 Å². The van der Waals surface area contributed by atoms with Crippen LogP contribution < -0.4 is 5.32 Å². The van der Waals surface area contributed by atoms with Crippen molar-refractivity contribution in [1.29, 1.82) is 0 Å². The van der Waals surface area contributed by atoms with E-state index >= 15 is 0 Å². The smallest absolute Gasteiger partial charge is 0.254 e. The summed E-state index contributed by atoms with van der Waals surface area (Å²) in [5.74, 6) is 0.125. The summed E-state index contributed by atoms with van der Waals surface area (Å²) in [6, 6.07) is 21.0. The number of amides is 1. The van der Waals surface area contributed by atoms with E-state index in [2.05, 4.69) is 5.32 Å². The molecular formula is C23H23N3O. The highest BCUT2D eigenvalue weighted by atomic mass is 16.2. The molecule has 4 nitrogen and oxygen atoms in total. The van der Waals surface area contributed by atoms with Gasteiger partial charge in [-0.05, 0) is 31.4 Å². The van der Waals surface area contributed by atoms with Crippen molar-refractivity contribution >= 4 is 16.8 Å². The summed E-state index contributed by atoms with van der Waals surface area (Å²) in [6.07, 6.45) is 3.45. The number of para-hydroxylation sites is 1. The third-order valence-electron chi connectivity index (χ3n) is 5.83. The molecule has 4 heteroatoms. The second kappa shape index (κ2) is 6.78. The van der Waals surface area contributed by atoms with Crippen molar-refractivity contribution in [1.82, 2.24) is 15.2 Å². The third-order valence-corrected chi connectivity index (χ3v) is 5.83. The molecule has 2 aliphatic rings. The number of likely N-dealkylation sites (tertiary alicyclic amines) is 1. The van der Waals surface area contributed by atoms with Crippen LogP contribution in [0.25, 0.3) is 22.2 Å². The molecule has 3 heterocycles. The largest absolute Gasteiger partial charge is 0.337 e. The number of pyridine rings is 1. The van der Waals surface area contributed by atoms with E-state index < -0.39 is 0 Å². The van der Waals surface area contributed by atoms with Gasteiger partial charge in [0.25, 0.3) is 5.91 Å². The normalized spacial score (nSPS) is 22.0. The van der Waals surface area contributed by atoms with Crippen molar-refractivity contribution in [2.45, 2.75) is 31.3 Å².